The Morgan fingerprint density at radius 1 is 1.06 bits per heavy atom. The molecule has 7 nitrogen and oxygen atoms in total. The van der Waals surface area contributed by atoms with Gasteiger partial charge >= 0.3 is 6.18 Å². The van der Waals surface area contributed by atoms with Crippen LogP contribution in [0.3, 0.4) is 0 Å². The fourth-order valence-electron chi connectivity index (χ4n) is 4.10. The van der Waals surface area contributed by atoms with Crippen molar-refractivity contribution in [2.75, 3.05) is 18.0 Å². The molecule has 1 fully saturated rings. The Bertz CT molecular complexity index is 1240. The maximum Gasteiger partial charge on any atom is 0.416 e. The third-order valence-electron chi connectivity index (χ3n) is 5.90. The predicted octanol–water partition coefficient (Wildman–Crippen LogP) is 5.60. The number of pyridine rings is 1. The molecule has 182 valence electrons. The molecule has 4 rings (SSSR count). The topological polar surface area (TPSA) is 88.4 Å². The zero-order valence-corrected chi connectivity index (χ0v) is 18.7. The molecule has 0 atom stereocenters. The van der Waals surface area contributed by atoms with Crippen LogP contribution < -0.4 is 10.2 Å². The number of anilines is 1. The minimum Gasteiger partial charge on any atom is -0.372 e. The van der Waals surface area contributed by atoms with E-state index >= 15 is 0 Å². The molecule has 0 saturated carbocycles. The molecule has 2 aromatic carbocycles. The molecule has 1 saturated heterocycles. The average Bonchev–Trinajstić information content (AvgIpc) is 2.87. The zero-order valence-electron chi connectivity index (χ0n) is 18.7. The van der Waals surface area contributed by atoms with Gasteiger partial charge in [0, 0.05) is 43.1 Å². The maximum atomic E-state index is 12.9. The monoisotopic (exact) mass is 484 g/mol. The van der Waals surface area contributed by atoms with Gasteiger partial charge in [0.15, 0.2) is 0 Å². The Morgan fingerprint density at radius 3 is 2.54 bits per heavy atom. The summed E-state index contributed by atoms with van der Waals surface area (Å²) in [6.07, 6.45) is 0.150. The van der Waals surface area contributed by atoms with Crippen LogP contribution in [0.2, 0.25) is 0 Å². The fourth-order valence-corrected chi connectivity index (χ4v) is 4.10. The third-order valence-corrected chi connectivity index (χ3v) is 5.90. The number of alkyl halides is 3. The number of nitro benzene ring substituents is 1. The van der Waals surface area contributed by atoms with Crippen LogP contribution in [-0.4, -0.2) is 28.9 Å². The van der Waals surface area contributed by atoms with Gasteiger partial charge in [-0.1, -0.05) is 12.1 Å². The number of halogens is 3. The van der Waals surface area contributed by atoms with Crippen LogP contribution in [-0.2, 0) is 12.7 Å². The van der Waals surface area contributed by atoms with Gasteiger partial charge in [-0.2, -0.15) is 13.2 Å². The van der Waals surface area contributed by atoms with E-state index in [4.69, 9.17) is 0 Å². The van der Waals surface area contributed by atoms with E-state index in [1.807, 2.05) is 0 Å². The second kappa shape index (κ2) is 10.1. The lowest BCUT2D eigenvalue weighted by atomic mass is 10.0. The van der Waals surface area contributed by atoms with Crippen LogP contribution in [0.15, 0.2) is 60.8 Å². The van der Waals surface area contributed by atoms with Crippen molar-refractivity contribution in [2.24, 2.45) is 0 Å². The summed E-state index contributed by atoms with van der Waals surface area (Å²) in [6, 6.07) is 12.5. The number of piperidine rings is 1. The first-order valence-corrected chi connectivity index (χ1v) is 11.2. The van der Waals surface area contributed by atoms with E-state index in [0.29, 0.717) is 11.1 Å². The minimum absolute atomic E-state index is 0.106. The van der Waals surface area contributed by atoms with Gasteiger partial charge in [0.2, 0.25) is 0 Å². The van der Waals surface area contributed by atoms with E-state index in [9.17, 15) is 28.1 Å². The van der Waals surface area contributed by atoms with Crippen molar-refractivity contribution in [2.45, 2.75) is 32.0 Å². The Labute approximate surface area is 199 Å². The number of nitro groups is 1. The van der Waals surface area contributed by atoms with E-state index in [2.05, 4.69) is 15.2 Å². The normalized spacial score (nSPS) is 14.0. The quantitative estimate of drug-likeness (QED) is 0.364. The molecule has 10 heteroatoms. The molecule has 0 unspecified atom stereocenters. The second-order valence-electron chi connectivity index (χ2n) is 8.32. The number of hydrogen-bond donors (Lipinski definition) is 1. The molecular formula is C25H23F3N4O3. The van der Waals surface area contributed by atoms with Gasteiger partial charge in [-0.15, -0.1) is 0 Å². The number of amides is 1. The summed E-state index contributed by atoms with van der Waals surface area (Å²) in [6.45, 7) is 1.62. The first kappa shape index (κ1) is 24.2. The number of benzene rings is 2. The van der Waals surface area contributed by atoms with Gasteiger partial charge in [-0.3, -0.25) is 19.9 Å². The number of nitrogens with one attached hydrogen (secondary N) is 1. The lowest BCUT2D eigenvalue weighted by Gasteiger charge is -2.29. The predicted molar refractivity (Wildman–Crippen MR) is 125 cm³/mol. The molecule has 0 aliphatic carbocycles. The number of carbonyl (C=O) groups is 1. The van der Waals surface area contributed by atoms with E-state index in [1.165, 1.54) is 36.5 Å². The lowest BCUT2D eigenvalue weighted by Crippen LogP contribution is -2.29. The number of nitrogens with zero attached hydrogens (tertiary/aromatic N) is 3. The summed E-state index contributed by atoms with van der Waals surface area (Å²) in [7, 11) is 0. The van der Waals surface area contributed by atoms with Crippen molar-refractivity contribution >= 4 is 17.3 Å². The molecule has 3 aromatic rings. The largest absolute Gasteiger partial charge is 0.416 e. The van der Waals surface area contributed by atoms with Gasteiger partial charge < -0.3 is 10.2 Å². The summed E-state index contributed by atoms with van der Waals surface area (Å²) >= 11 is 0. The highest BCUT2D eigenvalue weighted by atomic mass is 19.4. The van der Waals surface area contributed by atoms with Crippen molar-refractivity contribution in [3.63, 3.8) is 0 Å². The molecule has 2 heterocycles. The Hall–Kier alpha value is -3.95. The molecule has 0 radical (unpaired) electrons. The molecule has 1 aliphatic heterocycles. The SMILES string of the molecule is O=C(NCc1cccc(C(F)(F)F)c1)c1ccnc(-c2cc(N3CCCCC3)ccc2[N+](=O)[O-])c1. The number of hydrogen-bond acceptors (Lipinski definition) is 5. The van der Waals surface area contributed by atoms with Crippen LogP contribution in [0.5, 0.6) is 0 Å². The number of rotatable bonds is 6. The van der Waals surface area contributed by atoms with Gasteiger partial charge in [-0.05, 0) is 61.2 Å². The number of carbonyl (C=O) groups excluding carboxylic acids is 1. The Kier molecular flexibility index (Phi) is 6.99. The van der Waals surface area contributed by atoms with Crippen molar-refractivity contribution in [3.8, 4) is 11.3 Å². The van der Waals surface area contributed by atoms with Crippen LogP contribution >= 0.6 is 0 Å². The van der Waals surface area contributed by atoms with Crippen LogP contribution in [0.25, 0.3) is 11.3 Å². The van der Waals surface area contributed by atoms with Gasteiger partial charge in [0.05, 0.1) is 21.7 Å². The van der Waals surface area contributed by atoms with Crippen LogP contribution in [0.1, 0.15) is 40.7 Å². The summed E-state index contributed by atoms with van der Waals surface area (Å²) in [5.41, 5.74) is 0.988. The van der Waals surface area contributed by atoms with Crippen molar-refractivity contribution < 1.29 is 22.9 Å². The molecule has 1 amide bonds. The second-order valence-corrected chi connectivity index (χ2v) is 8.32. The van der Waals surface area contributed by atoms with E-state index < -0.39 is 22.6 Å². The van der Waals surface area contributed by atoms with Crippen LogP contribution in [0, 0.1) is 10.1 Å². The standard InChI is InChI=1S/C25H23F3N4O3/c26-25(27,28)19-6-4-5-17(13-19)16-30-24(33)18-9-10-29-22(14-18)21-15-20(7-8-23(21)32(34)35)31-11-2-1-3-12-31/h4-10,13-15H,1-3,11-12,16H2,(H,30,33). The van der Waals surface area contributed by atoms with Crippen molar-refractivity contribution in [1.82, 2.24) is 10.3 Å². The molecular weight excluding hydrogens is 461 g/mol. The van der Waals surface area contributed by atoms with E-state index in [0.717, 1.165) is 50.2 Å². The first-order valence-electron chi connectivity index (χ1n) is 11.2. The minimum atomic E-state index is -4.47. The van der Waals surface area contributed by atoms with Crippen molar-refractivity contribution in [3.05, 3.63) is 87.6 Å². The van der Waals surface area contributed by atoms with E-state index in [1.54, 1.807) is 12.1 Å². The highest BCUT2D eigenvalue weighted by molar-refractivity contribution is 5.95. The molecule has 1 aliphatic rings. The molecule has 35 heavy (non-hydrogen) atoms. The van der Waals surface area contributed by atoms with Gasteiger partial charge in [0.25, 0.3) is 11.6 Å². The summed E-state index contributed by atoms with van der Waals surface area (Å²) in [4.78, 5) is 30.3. The number of aromatic nitrogens is 1. The third kappa shape index (κ3) is 5.76. The molecule has 1 aromatic heterocycles. The highest BCUT2D eigenvalue weighted by Gasteiger charge is 2.30. The van der Waals surface area contributed by atoms with Crippen molar-refractivity contribution in [1.29, 1.82) is 0 Å². The Morgan fingerprint density at radius 2 is 1.83 bits per heavy atom. The van der Waals surface area contributed by atoms with E-state index in [-0.39, 0.29) is 23.5 Å². The van der Waals surface area contributed by atoms with Crippen LogP contribution in [0.4, 0.5) is 24.5 Å². The highest BCUT2D eigenvalue weighted by Crippen LogP contribution is 2.34. The summed E-state index contributed by atoms with van der Waals surface area (Å²) in [5.74, 6) is -0.527. The van der Waals surface area contributed by atoms with Gasteiger partial charge in [-0.25, -0.2) is 0 Å². The Balaban J connectivity index is 1.56. The average molecular weight is 484 g/mol. The molecule has 0 spiro atoms. The summed E-state index contributed by atoms with van der Waals surface area (Å²) in [5, 5.41) is 14.3. The molecule has 0 bridgehead atoms. The summed E-state index contributed by atoms with van der Waals surface area (Å²) < 4.78 is 38.8. The fraction of sp³-hybridized carbons (Fsp3) is 0.280. The smallest absolute Gasteiger partial charge is 0.372 e. The zero-order chi connectivity index (χ0) is 25.0. The lowest BCUT2D eigenvalue weighted by molar-refractivity contribution is -0.384. The molecule has 1 N–H and O–H groups in total. The van der Waals surface area contributed by atoms with Gasteiger partial charge in [0.1, 0.15) is 0 Å². The maximum absolute atomic E-state index is 12.9. The first-order chi connectivity index (χ1) is 16.7.